The van der Waals surface area contributed by atoms with Crippen LogP contribution in [0.3, 0.4) is 0 Å². The van der Waals surface area contributed by atoms with E-state index in [-0.39, 0.29) is 28.4 Å². The van der Waals surface area contributed by atoms with E-state index in [4.69, 9.17) is 0 Å². The van der Waals surface area contributed by atoms with Crippen LogP contribution in [-0.2, 0) is 14.8 Å². The lowest BCUT2D eigenvalue weighted by Gasteiger charge is -2.36. The van der Waals surface area contributed by atoms with Crippen molar-refractivity contribution < 1.29 is 17.6 Å². The summed E-state index contributed by atoms with van der Waals surface area (Å²) in [6, 6.07) is 11.6. The van der Waals surface area contributed by atoms with E-state index >= 15 is 0 Å². The van der Waals surface area contributed by atoms with Gasteiger partial charge in [-0.1, -0.05) is 19.1 Å². The Morgan fingerprint density at radius 1 is 1.16 bits per heavy atom. The zero-order chi connectivity index (χ0) is 22.7. The number of carbonyl (C=O) groups is 1. The molecule has 2 heterocycles. The molecule has 10 heteroatoms. The first-order chi connectivity index (χ1) is 15.3. The van der Waals surface area contributed by atoms with Crippen molar-refractivity contribution >= 4 is 39.1 Å². The Labute approximate surface area is 192 Å². The lowest BCUT2D eigenvalue weighted by Crippen LogP contribution is -2.48. The quantitative estimate of drug-likeness (QED) is 0.665. The number of rotatable bonds is 6. The monoisotopic (exact) mass is 478 g/mol. The van der Waals surface area contributed by atoms with Crippen LogP contribution in [0.1, 0.15) is 13.3 Å². The maximum Gasteiger partial charge on any atom is 0.240 e. The number of sulfonamides is 1. The number of para-hydroxylation sites is 1. The molecule has 1 amide bonds. The van der Waals surface area contributed by atoms with Crippen LogP contribution < -0.4 is 14.9 Å². The topological polar surface area (TPSA) is 81.7 Å². The van der Waals surface area contributed by atoms with E-state index in [1.165, 1.54) is 12.1 Å². The first-order valence-corrected chi connectivity index (χ1v) is 13.0. The summed E-state index contributed by atoms with van der Waals surface area (Å²) in [7, 11) is -3.69. The van der Waals surface area contributed by atoms with E-state index in [0.717, 1.165) is 18.0 Å². The average molecular weight is 479 g/mol. The second-order valence-corrected chi connectivity index (χ2v) is 11.3. The van der Waals surface area contributed by atoms with Gasteiger partial charge < -0.3 is 10.2 Å². The molecule has 172 valence electrons. The number of thioether (sulfide) groups is 1. The standard InChI is InChI=1S/C22H27FN4O3S2/c1-16-14-22(28)25-19-15-17(6-7-21(19)31-16)32(29,30)24-8-9-26-10-12-27(13-11-26)20-5-3-2-4-18(20)23/h2-7,15-16,24H,8-14H2,1H3,(H,25,28)/t16-/m1/s1. The van der Waals surface area contributed by atoms with Crippen LogP contribution in [0.15, 0.2) is 52.3 Å². The third kappa shape index (κ3) is 5.43. The summed E-state index contributed by atoms with van der Waals surface area (Å²) in [6.45, 7) is 5.66. The Hall–Kier alpha value is -2.14. The van der Waals surface area contributed by atoms with Crippen molar-refractivity contribution in [1.29, 1.82) is 0 Å². The number of nitrogens with one attached hydrogen (secondary N) is 2. The lowest BCUT2D eigenvalue weighted by molar-refractivity contribution is -0.116. The summed E-state index contributed by atoms with van der Waals surface area (Å²) in [6.07, 6.45) is 0.393. The Kier molecular flexibility index (Phi) is 7.04. The fourth-order valence-electron chi connectivity index (χ4n) is 3.94. The number of anilines is 2. The van der Waals surface area contributed by atoms with Crippen molar-refractivity contribution in [2.75, 3.05) is 49.5 Å². The highest BCUT2D eigenvalue weighted by atomic mass is 32.2. The minimum absolute atomic E-state index is 0.110. The lowest BCUT2D eigenvalue weighted by atomic mass is 10.2. The second kappa shape index (κ2) is 9.78. The summed E-state index contributed by atoms with van der Waals surface area (Å²) in [5.74, 6) is -0.334. The molecule has 0 bridgehead atoms. The third-order valence-electron chi connectivity index (χ3n) is 5.62. The minimum Gasteiger partial charge on any atom is -0.367 e. The number of fused-ring (bicyclic) bond motifs is 1. The Morgan fingerprint density at radius 3 is 2.66 bits per heavy atom. The molecule has 0 spiro atoms. The van der Waals surface area contributed by atoms with E-state index in [0.29, 0.717) is 37.4 Å². The first kappa shape index (κ1) is 23.0. The molecular formula is C22H27FN4O3S2. The molecule has 4 rings (SSSR count). The van der Waals surface area contributed by atoms with Gasteiger partial charge in [-0.3, -0.25) is 9.69 Å². The molecule has 2 aromatic carbocycles. The van der Waals surface area contributed by atoms with Gasteiger partial charge in [-0.25, -0.2) is 17.5 Å². The highest BCUT2D eigenvalue weighted by molar-refractivity contribution is 8.00. The van der Waals surface area contributed by atoms with Gasteiger partial charge in [0.15, 0.2) is 0 Å². The Morgan fingerprint density at radius 2 is 1.91 bits per heavy atom. The van der Waals surface area contributed by atoms with Crippen LogP contribution >= 0.6 is 11.8 Å². The van der Waals surface area contributed by atoms with Crippen LogP contribution in [0, 0.1) is 5.82 Å². The molecular weight excluding hydrogens is 451 g/mol. The van der Waals surface area contributed by atoms with Crippen LogP contribution in [0.5, 0.6) is 0 Å². The molecule has 1 saturated heterocycles. The number of piperazine rings is 1. The van der Waals surface area contributed by atoms with Crippen molar-refractivity contribution in [3.05, 3.63) is 48.3 Å². The molecule has 2 N–H and O–H groups in total. The highest BCUT2D eigenvalue weighted by Crippen LogP contribution is 2.36. The molecule has 0 saturated carbocycles. The van der Waals surface area contributed by atoms with Crippen LogP contribution in [0.4, 0.5) is 15.8 Å². The van der Waals surface area contributed by atoms with Crippen molar-refractivity contribution in [1.82, 2.24) is 9.62 Å². The maximum atomic E-state index is 14.0. The van der Waals surface area contributed by atoms with E-state index in [2.05, 4.69) is 14.9 Å². The van der Waals surface area contributed by atoms with Gasteiger partial charge in [0.1, 0.15) is 5.82 Å². The van der Waals surface area contributed by atoms with Crippen molar-refractivity contribution in [3.8, 4) is 0 Å². The SMILES string of the molecule is C[C@@H]1CC(=O)Nc2cc(S(=O)(=O)NCCN3CCN(c4ccccc4F)CC3)ccc2S1. The number of halogens is 1. The minimum atomic E-state index is -3.69. The van der Waals surface area contributed by atoms with Gasteiger partial charge in [0.2, 0.25) is 15.9 Å². The normalized spacial score (nSPS) is 19.9. The average Bonchev–Trinajstić information content (AvgIpc) is 2.90. The summed E-state index contributed by atoms with van der Waals surface area (Å²) in [4.78, 5) is 17.2. The number of nitrogens with zero attached hydrogens (tertiary/aromatic N) is 2. The molecule has 32 heavy (non-hydrogen) atoms. The van der Waals surface area contributed by atoms with Crippen molar-refractivity contribution in [3.63, 3.8) is 0 Å². The molecule has 0 unspecified atom stereocenters. The number of carbonyl (C=O) groups excluding carboxylic acids is 1. The van der Waals surface area contributed by atoms with Gasteiger partial charge in [-0.05, 0) is 30.3 Å². The second-order valence-electron chi connectivity index (χ2n) is 8.02. The highest BCUT2D eigenvalue weighted by Gasteiger charge is 2.23. The predicted molar refractivity (Wildman–Crippen MR) is 125 cm³/mol. The van der Waals surface area contributed by atoms with Crippen LogP contribution in [0.25, 0.3) is 0 Å². The summed E-state index contributed by atoms with van der Waals surface area (Å²) in [5.41, 5.74) is 1.15. The molecule has 2 aromatic rings. The first-order valence-electron chi connectivity index (χ1n) is 10.6. The van der Waals surface area contributed by atoms with Gasteiger partial charge in [0.25, 0.3) is 0 Å². The van der Waals surface area contributed by atoms with E-state index in [1.54, 1.807) is 36.0 Å². The predicted octanol–water partition coefficient (Wildman–Crippen LogP) is 2.75. The molecule has 7 nitrogen and oxygen atoms in total. The van der Waals surface area contributed by atoms with Crippen molar-refractivity contribution in [2.24, 2.45) is 0 Å². The van der Waals surface area contributed by atoms with Gasteiger partial charge in [-0.15, -0.1) is 11.8 Å². The van der Waals surface area contributed by atoms with E-state index in [9.17, 15) is 17.6 Å². The largest absolute Gasteiger partial charge is 0.367 e. The number of amides is 1. The molecule has 1 atom stereocenters. The number of benzene rings is 2. The molecule has 0 aliphatic carbocycles. The van der Waals surface area contributed by atoms with E-state index < -0.39 is 10.0 Å². The van der Waals surface area contributed by atoms with Crippen molar-refractivity contribution in [2.45, 2.75) is 28.4 Å². The molecule has 2 aliphatic rings. The number of hydrogen-bond acceptors (Lipinski definition) is 6. The summed E-state index contributed by atoms with van der Waals surface area (Å²) >= 11 is 1.56. The molecule has 1 fully saturated rings. The number of hydrogen-bond donors (Lipinski definition) is 2. The van der Waals surface area contributed by atoms with Crippen LogP contribution in [-0.4, -0.2) is 63.7 Å². The van der Waals surface area contributed by atoms with Crippen LogP contribution in [0.2, 0.25) is 0 Å². The van der Waals surface area contributed by atoms with Gasteiger partial charge in [0, 0.05) is 55.8 Å². The molecule has 0 radical (unpaired) electrons. The van der Waals surface area contributed by atoms with Gasteiger partial charge in [0.05, 0.1) is 16.3 Å². The van der Waals surface area contributed by atoms with E-state index in [1.807, 2.05) is 17.9 Å². The zero-order valence-electron chi connectivity index (χ0n) is 17.9. The van der Waals surface area contributed by atoms with Gasteiger partial charge >= 0.3 is 0 Å². The Balaban J connectivity index is 1.31. The van der Waals surface area contributed by atoms with Gasteiger partial charge in [-0.2, -0.15) is 0 Å². The zero-order valence-corrected chi connectivity index (χ0v) is 19.5. The third-order valence-corrected chi connectivity index (χ3v) is 8.26. The fraction of sp³-hybridized carbons (Fsp3) is 0.409. The summed E-state index contributed by atoms with van der Waals surface area (Å²) in [5, 5.41) is 2.94. The fourth-order valence-corrected chi connectivity index (χ4v) is 6.04. The smallest absolute Gasteiger partial charge is 0.240 e. The molecule has 0 aromatic heterocycles. The maximum absolute atomic E-state index is 14.0. The molecule has 2 aliphatic heterocycles. The summed E-state index contributed by atoms with van der Waals surface area (Å²) < 4.78 is 42.2. The Bertz CT molecular complexity index is 1090.